The highest BCUT2D eigenvalue weighted by Gasteiger charge is 2.15. The van der Waals surface area contributed by atoms with Crippen LogP contribution < -0.4 is 4.74 Å². The normalized spacial score (nSPS) is 9.42. The van der Waals surface area contributed by atoms with Crippen LogP contribution in [0.5, 0.6) is 5.75 Å². The number of hydrogen-bond donors (Lipinski definition) is 0. The minimum absolute atomic E-state index is 0.0186. The molecule has 0 aliphatic heterocycles. The van der Waals surface area contributed by atoms with E-state index >= 15 is 0 Å². The second-order valence-electron chi connectivity index (χ2n) is 3.18. The van der Waals surface area contributed by atoms with E-state index in [1.165, 1.54) is 6.07 Å². The molecule has 0 unspecified atom stereocenters. The largest absolute Gasteiger partial charge is 0.460 e. The summed E-state index contributed by atoms with van der Waals surface area (Å²) in [6, 6.07) is 2.17. The van der Waals surface area contributed by atoms with E-state index in [0.717, 1.165) is 6.07 Å². The number of rotatable bonds is 5. The van der Waals surface area contributed by atoms with Gasteiger partial charge in [-0.3, -0.25) is 0 Å². The first-order valence-corrected chi connectivity index (χ1v) is 5.89. The zero-order valence-electron chi connectivity index (χ0n) is 9.91. The van der Waals surface area contributed by atoms with Crippen LogP contribution in [0.2, 0.25) is 5.02 Å². The fourth-order valence-electron chi connectivity index (χ4n) is 1.12. The summed E-state index contributed by atoms with van der Waals surface area (Å²) in [6.45, 7) is 5.21. The molecule has 0 fully saturated rings. The van der Waals surface area contributed by atoms with Gasteiger partial charge in [-0.25, -0.2) is 9.18 Å². The van der Waals surface area contributed by atoms with Gasteiger partial charge in [-0.1, -0.05) is 11.6 Å². The first-order valence-electron chi connectivity index (χ1n) is 5.10. The number of nitrogens with zero attached hydrogens (tertiary/aromatic N) is 1. The van der Waals surface area contributed by atoms with Crippen LogP contribution in [0.25, 0.3) is 0 Å². The van der Waals surface area contributed by atoms with E-state index in [1.54, 1.807) is 6.92 Å². The van der Waals surface area contributed by atoms with Crippen molar-refractivity contribution >= 4 is 40.6 Å². The number of esters is 1. The maximum atomic E-state index is 13.4. The van der Waals surface area contributed by atoms with Gasteiger partial charge in [0.2, 0.25) is 5.76 Å². The van der Waals surface area contributed by atoms with Gasteiger partial charge < -0.3 is 9.47 Å². The Bertz CT molecular complexity index is 570. The van der Waals surface area contributed by atoms with Crippen LogP contribution in [-0.2, 0) is 9.53 Å². The molecule has 0 N–H and O–H groups in total. The smallest absolute Gasteiger partial charge is 0.373 e. The highest BCUT2D eigenvalue weighted by molar-refractivity contribution is 7.78. The molecular weight excluding hydrogens is 293 g/mol. The van der Waals surface area contributed by atoms with Crippen LogP contribution in [0.1, 0.15) is 6.92 Å². The standard InChI is InChI=1S/C12H9ClFNO3S/c1-3-17-12(16)7(2)18-11-5-10(15-6-19)9(14)4-8(11)13/h4-5H,2-3H2,1H3. The SMILES string of the molecule is C=C(Oc1cc(N=C=S)c(F)cc1Cl)C(=O)OCC. The Kier molecular flexibility index (Phi) is 5.63. The summed E-state index contributed by atoms with van der Waals surface area (Å²) in [4.78, 5) is 14.8. The predicted molar refractivity (Wildman–Crippen MR) is 72.5 cm³/mol. The third kappa shape index (κ3) is 4.13. The Morgan fingerprint density at radius 2 is 2.32 bits per heavy atom. The molecule has 1 aromatic carbocycles. The first kappa shape index (κ1) is 15.3. The number of carbonyl (C=O) groups excluding carboxylic acids is 1. The topological polar surface area (TPSA) is 47.9 Å². The summed E-state index contributed by atoms with van der Waals surface area (Å²) in [5.74, 6) is -1.67. The molecule has 0 spiro atoms. The van der Waals surface area contributed by atoms with Crippen LogP contribution in [-0.4, -0.2) is 17.7 Å². The number of halogens is 2. The van der Waals surface area contributed by atoms with Gasteiger partial charge in [-0.05, 0) is 31.8 Å². The van der Waals surface area contributed by atoms with Gasteiger partial charge in [0.1, 0.15) is 11.4 Å². The van der Waals surface area contributed by atoms with Gasteiger partial charge in [0.05, 0.1) is 16.8 Å². The number of thiocarbonyl (C=S) groups is 1. The third-order valence-electron chi connectivity index (χ3n) is 1.90. The highest BCUT2D eigenvalue weighted by atomic mass is 35.5. The van der Waals surface area contributed by atoms with E-state index in [0.29, 0.717) is 0 Å². The van der Waals surface area contributed by atoms with Crippen molar-refractivity contribution in [3.05, 3.63) is 35.3 Å². The van der Waals surface area contributed by atoms with Crippen LogP contribution in [0.3, 0.4) is 0 Å². The maximum Gasteiger partial charge on any atom is 0.373 e. The van der Waals surface area contributed by atoms with E-state index in [-0.39, 0.29) is 28.8 Å². The lowest BCUT2D eigenvalue weighted by atomic mass is 10.3. The third-order valence-corrected chi connectivity index (χ3v) is 2.29. The van der Waals surface area contributed by atoms with Crippen molar-refractivity contribution in [2.45, 2.75) is 6.92 Å². The lowest BCUT2D eigenvalue weighted by Crippen LogP contribution is -2.11. The summed E-state index contributed by atoms with van der Waals surface area (Å²) in [7, 11) is 0. The average Bonchev–Trinajstić information content (AvgIpc) is 2.35. The van der Waals surface area contributed by atoms with Crippen molar-refractivity contribution < 1.29 is 18.7 Å². The van der Waals surface area contributed by atoms with E-state index in [9.17, 15) is 9.18 Å². The Hall–Kier alpha value is -1.75. The number of benzene rings is 1. The predicted octanol–water partition coefficient (Wildman–Crippen LogP) is 3.67. The Balaban J connectivity index is 3.01. The lowest BCUT2D eigenvalue weighted by Gasteiger charge is -2.10. The molecule has 4 nitrogen and oxygen atoms in total. The Morgan fingerprint density at radius 1 is 1.63 bits per heavy atom. The van der Waals surface area contributed by atoms with E-state index in [2.05, 4.69) is 28.5 Å². The zero-order chi connectivity index (χ0) is 14.4. The van der Waals surface area contributed by atoms with Gasteiger partial charge in [0.25, 0.3) is 0 Å². The van der Waals surface area contributed by atoms with Gasteiger partial charge in [0, 0.05) is 6.07 Å². The van der Waals surface area contributed by atoms with E-state index in [4.69, 9.17) is 16.3 Å². The summed E-state index contributed by atoms with van der Waals surface area (Å²) in [5.41, 5.74) is -0.106. The molecule has 0 aliphatic carbocycles. The minimum atomic E-state index is -0.734. The van der Waals surface area contributed by atoms with Crippen molar-refractivity contribution in [1.82, 2.24) is 0 Å². The molecule has 0 saturated carbocycles. The number of aliphatic imine (C=N–C) groups is 1. The molecule has 7 heteroatoms. The second-order valence-corrected chi connectivity index (χ2v) is 3.77. The Labute approximate surface area is 119 Å². The molecular formula is C12H9ClFNO3S. The van der Waals surface area contributed by atoms with Gasteiger partial charge >= 0.3 is 5.97 Å². The fraction of sp³-hybridized carbons (Fsp3) is 0.167. The molecule has 0 aromatic heterocycles. The van der Waals surface area contributed by atoms with E-state index < -0.39 is 11.8 Å². The summed E-state index contributed by atoms with van der Waals surface area (Å²) in [6.07, 6.45) is 0. The first-order chi connectivity index (χ1) is 8.99. The monoisotopic (exact) mass is 301 g/mol. The number of hydrogen-bond acceptors (Lipinski definition) is 5. The summed E-state index contributed by atoms with van der Waals surface area (Å²) in [5, 5.41) is 1.99. The minimum Gasteiger partial charge on any atom is -0.460 e. The van der Waals surface area contributed by atoms with Crippen LogP contribution in [0.15, 0.2) is 29.5 Å². The molecule has 0 aliphatic rings. The molecule has 19 heavy (non-hydrogen) atoms. The van der Waals surface area contributed by atoms with Gasteiger partial charge in [-0.2, -0.15) is 4.99 Å². The van der Waals surface area contributed by atoms with Crippen molar-refractivity contribution in [1.29, 1.82) is 0 Å². The highest BCUT2D eigenvalue weighted by Crippen LogP contribution is 2.32. The Morgan fingerprint density at radius 3 is 2.89 bits per heavy atom. The molecule has 0 heterocycles. The van der Waals surface area contributed by atoms with Crippen LogP contribution >= 0.6 is 23.8 Å². The molecule has 0 radical (unpaired) electrons. The zero-order valence-corrected chi connectivity index (χ0v) is 11.5. The quantitative estimate of drug-likeness (QED) is 0.274. The molecule has 1 rings (SSSR count). The molecule has 0 amide bonds. The average molecular weight is 302 g/mol. The lowest BCUT2D eigenvalue weighted by molar-refractivity contribution is -0.140. The fourth-order valence-corrected chi connectivity index (χ4v) is 1.40. The van der Waals surface area contributed by atoms with E-state index in [1.807, 2.05) is 5.16 Å². The summed E-state index contributed by atoms with van der Waals surface area (Å²) < 4.78 is 23.2. The molecule has 0 bridgehead atoms. The van der Waals surface area contributed by atoms with Gasteiger partial charge in [-0.15, -0.1) is 0 Å². The summed E-state index contributed by atoms with van der Waals surface area (Å²) >= 11 is 10.2. The van der Waals surface area contributed by atoms with Crippen molar-refractivity contribution in [2.75, 3.05) is 6.61 Å². The number of ether oxygens (including phenoxy) is 2. The van der Waals surface area contributed by atoms with Crippen molar-refractivity contribution in [2.24, 2.45) is 4.99 Å². The van der Waals surface area contributed by atoms with Crippen LogP contribution in [0, 0.1) is 5.82 Å². The molecule has 1 aromatic rings. The van der Waals surface area contributed by atoms with Crippen molar-refractivity contribution in [3.8, 4) is 5.75 Å². The van der Waals surface area contributed by atoms with Crippen LogP contribution in [0.4, 0.5) is 10.1 Å². The van der Waals surface area contributed by atoms with Gasteiger partial charge in [0.15, 0.2) is 5.82 Å². The molecule has 0 saturated heterocycles. The molecule has 100 valence electrons. The molecule has 0 atom stereocenters. The van der Waals surface area contributed by atoms with Crippen molar-refractivity contribution in [3.63, 3.8) is 0 Å². The second kappa shape index (κ2) is 6.99. The number of carbonyl (C=O) groups is 1. The maximum absolute atomic E-state index is 13.4. The number of isothiocyanates is 1.